The second-order valence-electron chi connectivity index (χ2n) is 7.42. The quantitative estimate of drug-likeness (QED) is 0.391. The van der Waals surface area contributed by atoms with Crippen molar-refractivity contribution in [1.29, 1.82) is 0 Å². The highest BCUT2D eigenvalue weighted by molar-refractivity contribution is 6.33. The van der Waals surface area contributed by atoms with Crippen LogP contribution in [0.15, 0.2) is 18.3 Å². The number of hydrogen-bond donors (Lipinski definition) is 3. The van der Waals surface area contributed by atoms with Crippen LogP contribution in [0.5, 0.6) is 11.6 Å². The summed E-state index contributed by atoms with van der Waals surface area (Å²) in [6, 6.07) is 1.61. The fourth-order valence-corrected chi connectivity index (χ4v) is 3.19. The molecule has 0 bridgehead atoms. The Labute approximate surface area is 201 Å². The Hall–Kier alpha value is -3.45. The number of aryl methyl sites for hydroxylation is 1. The van der Waals surface area contributed by atoms with Gasteiger partial charge in [-0.05, 0) is 32.9 Å². The number of aliphatic hydroxyl groups excluding tert-OH is 1. The van der Waals surface area contributed by atoms with Crippen molar-refractivity contribution in [2.75, 3.05) is 12.4 Å². The van der Waals surface area contributed by atoms with Crippen molar-refractivity contribution in [3.8, 4) is 22.9 Å². The molecule has 0 radical (unpaired) electrons. The van der Waals surface area contributed by atoms with Gasteiger partial charge in [0.05, 0.1) is 36.4 Å². The van der Waals surface area contributed by atoms with Gasteiger partial charge in [-0.1, -0.05) is 11.6 Å². The number of H-pyrrole nitrogens is 1. The van der Waals surface area contributed by atoms with Crippen molar-refractivity contribution < 1.29 is 36.9 Å². The third kappa shape index (κ3) is 5.62. The third-order valence-electron chi connectivity index (χ3n) is 4.85. The van der Waals surface area contributed by atoms with Gasteiger partial charge in [0.15, 0.2) is 11.3 Å². The van der Waals surface area contributed by atoms with Crippen molar-refractivity contribution in [3.63, 3.8) is 0 Å². The number of methoxy groups -OCH3 is 1. The van der Waals surface area contributed by atoms with Gasteiger partial charge in [-0.2, -0.15) is 18.3 Å². The molecule has 188 valence electrons. The van der Waals surface area contributed by atoms with E-state index in [1.54, 1.807) is 6.92 Å². The zero-order chi connectivity index (χ0) is 26.1. The van der Waals surface area contributed by atoms with Crippen LogP contribution in [0.1, 0.15) is 41.7 Å². The Morgan fingerprint density at radius 2 is 1.97 bits per heavy atom. The van der Waals surface area contributed by atoms with Crippen LogP contribution >= 0.6 is 11.6 Å². The first-order chi connectivity index (χ1) is 16.3. The summed E-state index contributed by atoms with van der Waals surface area (Å²) in [5.74, 6) is -2.59. The van der Waals surface area contributed by atoms with Crippen LogP contribution in [0.25, 0.3) is 11.3 Å². The predicted molar refractivity (Wildman–Crippen MR) is 117 cm³/mol. The normalized spacial score (nSPS) is 13.3. The second kappa shape index (κ2) is 10.0. The molecule has 3 rings (SSSR count). The summed E-state index contributed by atoms with van der Waals surface area (Å²) in [5, 5.41) is 18.4. The number of halogens is 5. The molecule has 14 heteroatoms. The van der Waals surface area contributed by atoms with E-state index in [-0.39, 0.29) is 33.7 Å². The summed E-state index contributed by atoms with van der Waals surface area (Å²) in [5.41, 5.74) is -0.576. The average molecular weight is 518 g/mol. The number of carbonyl (C=O) groups is 1. The maximum Gasteiger partial charge on any atom is 0.425 e. The molecule has 1 amide bonds. The van der Waals surface area contributed by atoms with Crippen LogP contribution in [0.3, 0.4) is 0 Å². The number of nitrogens with zero attached hydrogens (tertiary/aromatic N) is 3. The maximum absolute atomic E-state index is 15.1. The second-order valence-corrected chi connectivity index (χ2v) is 7.78. The molecule has 0 aliphatic carbocycles. The molecular formula is C21H20ClF4N5O4. The summed E-state index contributed by atoms with van der Waals surface area (Å²) in [6.07, 6.45) is -7.14. The molecule has 2 heterocycles. The van der Waals surface area contributed by atoms with E-state index < -0.39 is 41.4 Å². The van der Waals surface area contributed by atoms with Gasteiger partial charge in [0.2, 0.25) is 5.88 Å². The summed E-state index contributed by atoms with van der Waals surface area (Å²) in [6.45, 7) is 3.66. The first kappa shape index (κ1) is 26.2. The van der Waals surface area contributed by atoms with Crippen LogP contribution in [-0.4, -0.2) is 50.6 Å². The van der Waals surface area contributed by atoms with E-state index in [1.165, 1.54) is 14.0 Å². The van der Waals surface area contributed by atoms with Gasteiger partial charge in [0, 0.05) is 5.56 Å². The number of amides is 1. The van der Waals surface area contributed by atoms with E-state index in [0.717, 1.165) is 19.2 Å². The molecule has 0 aliphatic rings. The van der Waals surface area contributed by atoms with E-state index in [0.29, 0.717) is 11.8 Å². The highest BCUT2D eigenvalue weighted by Gasteiger charge is 2.39. The van der Waals surface area contributed by atoms with Crippen molar-refractivity contribution in [2.24, 2.45) is 0 Å². The van der Waals surface area contributed by atoms with Crippen molar-refractivity contribution in [2.45, 2.75) is 39.2 Å². The number of hydrogen-bond acceptors (Lipinski definition) is 7. The SMILES string of the molecule is COc1ncc(-c2cc(OC(C)C(F)(F)F)c(C(=O)Nc3c(Cl)n[nH]c3C)cc2F)nc1C(C)O. The molecule has 0 fully saturated rings. The summed E-state index contributed by atoms with van der Waals surface area (Å²) in [4.78, 5) is 21.0. The highest BCUT2D eigenvalue weighted by atomic mass is 35.5. The number of ether oxygens (including phenoxy) is 2. The van der Waals surface area contributed by atoms with Gasteiger partial charge in [-0.3, -0.25) is 9.89 Å². The zero-order valence-electron chi connectivity index (χ0n) is 18.8. The summed E-state index contributed by atoms with van der Waals surface area (Å²) < 4.78 is 64.8. The molecule has 0 aliphatic heterocycles. The van der Waals surface area contributed by atoms with E-state index in [9.17, 15) is 23.1 Å². The molecule has 3 aromatic rings. The number of nitrogens with one attached hydrogen (secondary N) is 2. The number of rotatable bonds is 7. The average Bonchev–Trinajstić information content (AvgIpc) is 3.10. The minimum atomic E-state index is -4.77. The van der Waals surface area contributed by atoms with E-state index in [1.807, 2.05) is 0 Å². The van der Waals surface area contributed by atoms with E-state index in [2.05, 4.69) is 25.5 Å². The molecule has 0 spiro atoms. The monoisotopic (exact) mass is 517 g/mol. The molecule has 2 aromatic heterocycles. The Kier molecular flexibility index (Phi) is 7.50. The standard InChI is InChI=1S/C21H20ClF4N5O4/c1-8-16(18(22)31-30-8)29-19(33)12-5-13(23)11(6-15(12)35-10(3)21(24,25)26)14-7-27-20(34-4)17(28-14)9(2)32/h5-7,9-10,32H,1-4H3,(H,29,33)(H,30,31). The minimum Gasteiger partial charge on any atom is -0.480 e. The Bertz CT molecular complexity index is 1230. The number of aliphatic hydroxyl groups is 1. The lowest BCUT2D eigenvalue weighted by Gasteiger charge is -2.20. The first-order valence-electron chi connectivity index (χ1n) is 10.0. The van der Waals surface area contributed by atoms with E-state index in [4.69, 9.17) is 21.1 Å². The Morgan fingerprint density at radius 1 is 1.29 bits per heavy atom. The van der Waals surface area contributed by atoms with Gasteiger partial charge in [0.1, 0.15) is 22.9 Å². The van der Waals surface area contributed by atoms with Crippen LogP contribution in [0.4, 0.5) is 23.2 Å². The Balaban J connectivity index is 2.12. The van der Waals surface area contributed by atoms with Crippen LogP contribution in [0, 0.1) is 12.7 Å². The van der Waals surface area contributed by atoms with Crippen molar-refractivity contribution in [1.82, 2.24) is 20.2 Å². The van der Waals surface area contributed by atoms with Crippen LogP contribution in [-0.2, 0) is 0 Å². The lowest BCUT2D eigenvalue weighted by Crippen LogP contribution is -2.32. The number of aromatic amines is 1. The van der Waals surface area contributed by atoms with Gasteiger partial charge in [-0.15, -0.1) is 0 Å². The molecule has 3 N–H and O–H groups in total. The van der Waals surface area contributed by atoms with Gasteiger partial charge in [-0.25, -0.2) is 14.4 Å². The molecule has 35 heavy (non-hydrogen) atoms. The number of aromatic nitrogens is 4. The first-order valence-corrected chi connectivity index (χ1v) is 10.4. The number of alkyl halides is 3. The molecule has 0 saturated heterocycles. The molecular weight excluding hydrogens is 498 g/mol. The van der Waals surface area contributed by atoms with Crippen molar-refractivity contribution >= 4 is 23.2 Å². The fraction of sp³-hybridized carbons (Fsp3) is 0.333. The molecule has 2 unspecified atom stereocenters. The lowest BCUT2D eigenvalue weighted by molar-refractivity contribution is -0.189. The number of anilines is 1. The van der Waals surface area contributed by atoms with Crippen molar-refractivity contribution in [3.05, 3.63) is 46.3 Å². The Morgan fingerprint density at radius 3 is 2.51 bits per heavy atom. The maximum atomic E-state index is 15.1. The third-order valence-corrected chi connectivity index (χ3v) is 5.12. The lowest BCUT2D eigenvalue weighted by atomic mass is 10.1. The van der Waals surface area contributed by atoms with Gasteiger partial charge < -0.3 is 19.9 Å². The van der Waals surface area contributed by atoms with Crippen LogP contribution < -0.4 is 14.8 Å². The summed E-state index contributed by atoms with van der Waals surface area (Å²) in [7, 11) is 1.29. The molecule has 0 saturated carbocycles. The zero-order valence-corrected chi connectivity index (χ0v) is 19.5. The number of carbonyl (C=O) groups excluding carboxylic acids is 1. The smallest absolute Gasteiger partial charge is 0.425 e. The largest absolute Gasteiger partial charge is 0.480 e. The molecule has 1 aromatic carbocycles. The summed E-state index contributed by atoms with van der Waals surface area (Å²) >= 11 is 5.91. The fourth-order valence-electron chi connectivity index (χ4n) is 2.96. The molecule has 2 atom stereocenters. The van der Waals surface area contributed by atoms with Gasteiger partial charge >= 0.3 is 6.18 Å². The van der Waals surface area contributed by atoms with Gasteiger partial charge in [0.25, 0.3) is 5.91 Å². The topological polar surface area (TPSA) is 122 Å². The molecule has 9 nitrogen and oxygen atoms in total. The van der Waals surface area contributed by atoms with E-state index >= 15 is 4.39 Å². The minimum absolute atomic E-state index is 0.0188. The van der Waals surface area contributed by atoms with Crippen LogP contribution in [0.2, 0.25) is 5.15 Å². The highest BCUT2D eigenvalue weighted by Crippen LogP contribution is 2.35. The number of benzene rings is 1. The predicted octanol–water partition coefficient (Wildman–Crippen LogP) is 4.61.